The van der Waals surface area contributed by atoms with Gasteiger partial charge in [-0.05, 0) is 31.0 Å². The maximum absolute atomic E-state index is 5.59. The van der Waals surface area contributed by atoms with Crippen LogP contribution >= 0.6 is 0 Å². The van der Waals surface area contributed by atoms with Crippen LogP contribution in [0, 0.1) is 6.92 Å². The highest BCUT2D eigenvalue weighted by Gasteiger charge is 2.11. The predicted molar refractivity (Wildman–Crippen MR) is 77.6 cm³/mol. The van der Waals surface area contributed by atoms with Gasteiger partial charge < -0.3 is 19.4 Å². The maximum Gasteiger partial charge on any atom is 0.202 e. The lowest BCUT2D eigenvalue weighted by molar-refractivity contribution is 0.171. The molecule has 1 aromatic carbocycles. The highest BCUT2D eigenvalue weighted by atomic mass is 16.6. The van der Waals surface area contributed by atoms with Gasteiger partial charge in [-0.15, -0.1) is 0 Å². The van der Waals surface area contributed by atoms with Gasteiger partial charge in [0.2, 0.25) is 5.95 Å². The van der Waals surface area contributed by atoms with Crippen LogP contribution in [0.5, 0.6) is 11.5 Å². The average molecular weight is 273 g/mol. The molecule has 3 rings (SSSR count). The number of anilines is 1. The van der Waals surface area contributed by atoms with Crippen molar-refractivity contribution in [2.45, 2.75) is 13.3 Å². The number of aromatic nitrogens is 2. The quantitative estimate of drug-likeness (QED) is 0.927. The Morgan fingerprint density at radius 2 is 2.05 bits per heavy atom. The third-order valence-corrected chi connectivity index (χ3v) is 3.30. The van der Waals surface area contributed by atoms with Crippen LogP contribution in [0.25, 0.3) is 0 Å². The van der Waals surface area contributed by atoms with Gasteiger partial charge in [0, 0.05) is 19.8 Å². The van der Waals surface area contributed by atoms with E-state index in [0.29, 0.717) is 13.2 Å². The van der Waals surface area contributed by atoms with E-state index in [9.17, 15) is 0 Å². The van der Waals surface area contributed by atoms with Gasteiger partial charge in [-0.25, -0.2) is 4.98 Å². The third-order valence-electron chi connectivity index (χ3n) is 3.30. The SMILES string of the molecule is Cc1cn(C)c(NCCc2ccc3c(c2)OCCO3)n1. The molecule has 2 heterocycles. The molecule has 1 aliphatic heterocycles. The zero-order valence-corrected chi connectivity index (χ0v) is 11.8. The monoisotopic (exact) mass is 273 g/mol. The molecule has 106 valence electrons. The molecule has 20 heavy (non-hydrogen) atoms. The number of fused-ring (bicyclic) bond motifs is 1. The van der Waals surface area contributed by atoms with E-state index in [-0.39, 0.29) is 0 Å². The largest absolute Gasteiger partial charge is 0.486 e. The minimum Gasteiger partial charge on any atom is -0.486 e. The van der Waals surface area contributed by atoms with Crippen molar-refractivity contribution in [2.75, 3.05) is 25.1 Å². The minimum absolute atomic E-state index is 0.626. The number of nitrogens with zero attached hydrogens (tertiary/aromatic N) is 2. The maximum atomic E-state index is 5.59. The van der Waals surface area contributed by atoms with Crippen molar-refractivity contribution in [1.29, 1.82) is 0 Å². The van der Waals surface area contributed by atoms with Crippen LogP contribution in [0.3, 0.4) is 0 Å². The second-order valence-electron chi connectivity index (χ2n) is 4.97. The fraction of sp³-hybridized carbons (Fsp3) is 0.400. The van der Waals surface area contributed by atoms with Crippen LogP contribution < -0.4 is 14.8 Å². The normalized spacial score (nSPS) is 13.3. The van der Waals surface area contributed by atoms with Gasteiger partial charge in [-0.2, -0.15) is 0 Å². The van der Waals surface area contributed by atoms with Gasteiger partial charge in [0.1, 0.15) is 13.2 Å². The van der Waals surface area contributed by atoms with Crippen LogP contribution in [-0.4, -0.2) is 29.3 Å². The van der Waals surface area contributed by atoms with E-state index in [1.54, 1.807) is 0 Å². The molecule has 1 aliphatic rings. The lowest BCUT2D eigenvalue weighted by Gasteiger charge is -2.18. The van der Waals surface area contributed by atoms with E-state index in [1.807, 2.05) is 30.8 Å². The summed E-state index contributed by atoms with van der Waals surface area (Å²) < 4.78 is 13.1. The summed E-state index contributed by atoms with van der Waals surface area (Å²) in [5, 5.41) is 3.34. The molecule has 5 heteroatoms. The Kier molecular flexibility index (Phi) is 3.50. The summed E-state index contributed by atoms with van der Waals surface area (Å²) in [5.74, 6) is 2.59. The van der Waals surface area contributed by atoms with Crippen LogP contribution in [-0.2, 0) is 13.5 Å². The number of rotatable bonds is 4. The number of hydrogen-bond donors (Lipinski definition) is 1. The van der Waals surface area contributed by atoms with Crippen molar-refractivity contribution >= 4 is 5.95 Å². The van der Waals surface area contributed by atoms with E-state index in [2.05, 4.69) is 22.4 Å². The Morgan fingerprint density at radius 1 is 1.25 bits per heavy atom. The molecule has 1 N–H and O–H groups in total. The van der Waals surface area contributed by atoms with Crippen molar-refractivity contribution in [3.8, 4) is 11.5 Å². The van der Waals surface area contributed by atoms with Crippen molar-refractivity contribution in [3.63, 3.8) is 0 Å². The fourth-order valence-corrected chi connectivity index (χ4v) is 2.34. The minimum atomic E-state index is 0.626. The lowest BCUT2D eigenvalue weighted by atomic mass is 10.1. The first-order valence-corrected chi connectivity index (χ1v) is 6.85. The Balaban J connectivity index is 1.60. The molecule has 0 saturated carbocycles. The summed E-state index contributed by atoms with van der Waals surface area (Å²) in [6.45, 7) is 4.09. The number of nitrogens with one attached hydrogen (secondary N) is 1. The first kappa shape index (κ1) is 12.8. The number of aryl methyl sites for hydroxylation is 2. The van der Waals surface area contributed by atoms with Crippen LogP contribution in [0.4, 0.5) is 5.95 Å². The van der Waals surface area contributed by atoms with Crippen LogP contribution in [0.15, 0.2) is 24.4 Å². The molecule has 0 fully saturated rings. The van der Waals surface area contributed by atoms with Gasteiger partial charge >= 0.3 is 0 Å². The van der Waals surface area contributed by atoms with Gasteiger partial charge in [0.25, 0.3) is 0 Å². The van der Waals surface area contributed by atoms with E-state index < -0.39 is 0 Å². The van der Waals surface area contributed by atoms with Gasteiger partial charge in [0.05, 0.1) is 5.69 Å². The molecule has 0 saturated heterocycles. The molecular weight excluding hydrogens is 254 g/mol. The van der Waals surface area contributed by atoms with Crippen LogP contribution in [0.1, 0.15) is 11.3 Å². The van der Waals surface area contributed by atoms with Crippen molar-refractivity contribution < 1.29 is 9.47 Å². The zero-order chi connectivity index (χ0) is 13.9. The molecular formula is C15H19N3O2. The molecule has 1 aromatic heterocycles. The first-order valence-electron chi connectivity index (χ1n) is 6.85. The molecule has 0 spiro atoms. The van der Waals surface area contributed by atoms with Gasteiger partial charge in [-0.1, -0.05) is 6.07 Å². The summed E-state index contributed by atoms with van der Waals surface area (Å²) in [6.07, 6.45) is 2.93. The van der Waals surface area contributed by atoms with Crippen molar-refractivity contribution in [1.82, 2.24) is 9.55 Å². The van der Waals surface area contributed by atoms with Gasteiger partial charge in [0.15, 0.2) is 11.5 Å². The zero-order valence-electron chi connectivity index (χ0n) is 11.8. The van der Waals surface area contributed by atoms with E-state index in [0.717, 1.165) is 36.1 Å². The van der Waals surface area contributed by atoms with E-state index in [4.69, 9.17) is 9.47 Å². The highest BCUT2D eigenvalue weighted by Crippen LogP contribution is 2.30. The Bertz CT molecular complexity index is 607. The smallest absolute Gasteiger partial charge is 0.202 e. The average Bonchev–Trinajstić information content (AvgIpc) is 2.77. The fourth-order valence-electron chi connectivity index (χ4n) is 2.34. The number of benzene rings is 1. The van der Waals surface area contributed by atoms with E-state index >= 15 is 0 Å². The molecule has 0 radical (unpaired) electrons. The Hall–Kier alpha value is -2.17. The molecule has 5 nitrogen and oxygen atoms in total. The molecule has 0 aliphatic carbocycles. The summed E-state index contributed by atoms with van der Waals surface area (Å²) in [5.41, 5.74) is 2.25. The molecule has 0 amide bonds. The van der Waals surface area contributed by atoms with Crippen molar-refractivity contribution in [2.24, 2.45) is 7.05 Å². The van der Waals surface area contributed by atoms with E-state index in [1.165, 1.54) is 5.56 Å². The van der Waals surface area contributed by atoms with Gasteiger partial charge in [-0.3, -0.25) is 0 Å². The molecule has 0 atom stereocenters. The number of imidazole rings is 1. The Morgan fingerprint density at radius 3 is 2.80 bits per heavy atom. The standard InChI is InChI=1S/C15H19N3O2/c1-11-10-18(2)15(17-11)16-6-5-12-3-4-13-14(9-12)20-8-7-19-13/h3-4,9-10H,5-8H2,1-2H3,(H,16,17). The third kappa shape index (κ3) is 2.71. The lowest BCUT2D eigenvalue weighted by Crippen LogP contribution is -2.15. The Labute approximate surface area is 118 Å². The predicted octanol–water partition coefficient (Wildman–Crippen LogP) is 2.15. The number of hydrogen-bond acceptors (Lipinski definition) is 4. The second-order valence-corrected chi connectivity index (χ2v) is 4.97. The first-order chi connectivity index (χ1) is 9.72. The molecule has 2 aromatic rings. The second kappa shape index (κ2) is 5.45. The summed E-state index contributed by atoms with van der Waals surface area (Å²) in [4.78, 5) is 4.42. The summed E-state index contributed by atoms with van der Waals surface area (Å²) >= 11 is 0. The van der Waals surface area contributed by atoms with Crippen LogP contribution in [0.2, 0.25) is 0 Å². The summed E-state index contributed by atoms with van der Waals surface area (Å²) in [6, 6.07) is 6.12. The highest BCUT2D eigenvalue weighted by molar-refractivity contribution is 5.44. The number of ether oxygens (including phenoxy) is 2. The molecule has 0 bridgehead atoms. The summed E-state index contributed by atoms with van der Waals surface area (Å²) in [7, 11) is 1.99. The topological polar surface area (TPSA) is 48.3 Å². The molecule has 0 unspecified atom stereocenters. The van der Waals surface area contributed by atoms with Crippen molar-refractivity contribution in [3.05, 3.63) is 35.7 Å².